The number of hydrogen-bond acceptors (Lipinski definition) is 2. The smallest absolute Gasteiger partial charge is 0.341 e. The zero-order valence-corrected chi connectivity index (χ0v) is 11.4. The number of rotatable bonds is 1. The highest BCUT2D eigenvalue weighted by atomic mass is 19.4. The van der Waals surface area contributed by atoms with E-state index in [-0.39, 0.29) is 18.8 Å². The van der Waals surface area contributed by atoms with Crippen molar-refractivity contribution in [1.29, 1.82) is 0 Å². The summed E-state index contributed by atoms with van der Waals surface area (Å²) >= 11 is 0. The summed E-state index contributed by atoms with van der Waals surface area (Å²) in [6.07, 6.45) is -4.29. The monoisotopic (exact) mass is 283 g/mol. The molecule has 108 valence electrons. The Hall–Kier alpha value is -1.56. The van der Waals surface area contributed by atoms with E-state index in [0.29, 0.717) is 17.6 Å². The van der Waals surface area contributed by atoms with Gasteiger partial charge in [-0.3, -0.25) is 0 Å². The van der Waals surface area contributed by atoms with E-state index in [1.54, 1.807) is 0 Å². The minimum Gasteiger partial charge on any atom is -0.341 e. The van der Waals surface area contributed by atoms with Crippen molar-refractivity contribution in [3.05, 3.63) is 29.1 Å². The molecule has 0 amide bonds. The van der Waals surface area contributed by atoms with Crippen molar-refractivity contribution in [2.24, 2.45) is 0 Å². The molecule has 1 unspecified atom stereocenters. The Balaban J connectivity index is 2.18. The topological polar surface area (TPSA) is 40.7 Å². The van der Waals surface area contributed by atoms with Crippen LogP contribution in [0.2, 0.25) is 0 Å². The maximum atomic E-state index is 13.5. The van der Waals surface area contributed by atoms with Gasteiger partial charge in [-0.1, -0.05) is 0 Å². The van der Waals surface area contributed by atoms with Crippen molar-refractivity contribution in [2.45, 2.75) is 31.9 Å². The normalized spacial score (nSPS) is 23.6. The van der Waals surface area contributed by atoms with E-state index in [1.807, 2.05) is 26.0 Å². The highest BCUT2D eigenvalue weighted by molar-refractivity contribution is 5.77. The Morgan fingerprint density at radius 3 is 2.50 bits per heavy atom. The van der Waals surface area contributed by atoms with E-state index in [0.717, 1.165) is 11.1 Å². The molecule has 0 spiro atoms. The first kappa shape index (κ1) is 13.4. The Morgan fingerprint density at radius 2 is 1.90 bits per heavy atom. The predicted molar refractivity (Wildman–Crippen MR) is 70.8 cm³/mol. The summed E-state index contributed by atoms with van der Waals surface area (Å²) in [6.45, 7) is 4.11. The van der Waals surface area contributed by atoms with Crippen molar-refractivity contribution in [2.75, 3.05) is 13.1 Å². The van der Waals surface area contributed by atoms with Crippen LogP contribution in [-0.2, 0) is 5.41 Å². The number of imidazole rings is 1. The zero-order valence-electron chi connectivity index (χ0n) is 11.4. The number of aryl methyl sites for hydroxylation is 2. The second-order valence-electron chi connectivity index (χ2n) is 5.55. The molecule has 2 N–H and O–H groups in total. The molecule has 0 radical (unpaired) electrons. The first-order valence-electron chi connectivity index (χ1n) is 6.58. The molecule has 1 aromatic heterocycles. The van der Waals surface area contributed by atoms with E-state index < -0.39 is 11.6 Å². The number of aromatic nitrogens is 2. The third-order valence-electron chi connectivity index (χ3n) is 4.25. The lowest BCUT2D eigenvalue weighted by Gasteiger charge is -2.28. The predicted octanol–water partition coefficient (Wildman–Crippen LogP) is 2.97. The van der Waals surface area contributed by atoms with Gasteiger partial charge in [-0.2, -0.15) is 13.2 Å². The van der Waals surface area contributed by atoms with Crippen LogP contribution >= 0.6 is 0 Å². The van der Waals surface area contributed by atoms with Gasteiger partial charge < -0.3 is 10.3 Å². The lowest BCUT2D eigenvalue weighted by molar-refractivity contribution is -0.186. The first-order valence-corrected chi connectivity index (χ1v) is 6.58. The Labute approximate surface area is 114 Å². The summed E-state index contributed by atoms with van der Waals surface area (Å²) in [4.78, 5) is 7.10. The third kappa shape index (κ3) is 1.82. The van der Waals surface area contributed by atoms with Crippen LogP contribution in [0.3, 0.4) is 0 Å². The van der Waals surface area contributed by atoms with Crippen LogP contribution in [0.5, 0.6) is 0 Å². The Kier molecular flexibility index (Phi) is 2.83. The molecule has 2 aromatic rings. The molecule has 3 nitrogen and oxygen atoms in total. The molecular formula is C14H16F3N3. The van der Waals surface area contributed by atoms with E-state index in [1.165, 1.54) is 0 Å². The van der Waals surface area contributed by atoms with Crippen LogP contribution in [0.25, 0.3) is 11.0 Å². The van der Waals surface area contributed by atoms with Gasteiger partial charge in [0.1, 0.15) is 11.2 Å². The largest absolute Gasteiger partial charge is 0.402 e. The maximum absolute atomic E-state index is 13.5. The molecule has 1 aliphatic heterocycles. The maximum Gasteiger partial charge on any atom is 0.402 e. The number of nitrogens with one attached hydrogen (secondary N) is 2. The van der Waals surface area contributed by atoms with Gasteiger partial charge in [0, 0.05) is 6.54 Å². The molecule has 0 aliphatic carbocycles. The van der Waals surface area contributed by atoms with Crippen LogP contribution in [0, 0.1) is 13.8 Å². The average Bonchev–Trinajstić information content (AvgIpc) is 2.95. The van der Waals surface area contributed by atoms with Crippen LogP contribution in [0.15, 0.2) is 12.1 Å². The summed E-state index contributed by atoms with van der Waals surface area (Å²) in [5.41, 5.74) is 1.44. The van der Waals surface area contributed by atoms with Gasteiger partial charge in [0.05, 0.1) is 11.0 Å². The van der Waals surface area contributed by atoms with Gasteiger partial charge in [0.15, 0.2) is 0 Å². The lowest BCUT2D eigenvalue weighted by atomic mass is 9.85. The molecule has 20 heavy (non-hydrogen) atoms. The fourth-order valence-corrected chi connectivity index (χ4v) is 2.77. The molecule has 1 aromatic carbocycles. The Bertz CT molecular complexity index is 612. The fraction of sp³-hybridized carbons (Fsp3) is 0.500. The molecule has 1 saturated heterocycles. The number of aromatic amines is 1. The second-order valence-corrected chi connectivity index (χ2v) is 5.55. The number of alkyl halides is 3. The minimum absolute atomic E-state index is 0.0221. The summed E-state index contributed by atoms with van der Waals surface area (Å²) in [7, 11) is 0. The van der Waals surface area contributed by atoms with E-state index in [4.69, 9.17) is 0 Å². The lowest BCUT2D eigenvalue weighted by Crippen LogP contribution is -2.45. The highest BCUT2D eigenvalue weighted by Crippen LogP contribution is 2.44. The fourth-order valence-electron chi connectivity index (χ4n) is 2.77. The zero-order chi connectivity index (χ0) is 14.5. The molecule has 6 heteroatoms. The van der Waals surface area contributed by atoms with Gasteiger partial charge in [0.2, 0.25) is 0 Å². The van der Waals surface area contributed by atoms with Gasteiger partial charge in [0.25, 0.3) is 0 Å². The summed E-state index contributed by atoms with van der Waals surface area (Å²) in [5.74, 6) is 0.0231. The standard InChI is InChI=1S/C14H16F3N3/c1-8-5-10-11(6-9(8)2)20-12(19-10)13(14(15,16)17)3-4-18-7-13/h5-6,18H,3-4,7H2,1-2H3,(H,19,20). The van der Waals surface area contributed by atoms with Crippen molar-refractivity contribution >= 4 is 11.0 Å². The third-order valence-corrected chi connectivity index (χ3v) is 4.25. The number of H-pyrrole nitrogens is 1. The van der Waals surface area contributed by atoms with Gasteiger partial charge >= 0.3 is 6.18 Å². The number of fused-ring (bicyclic) bond motifs is 1. The number of benzene rings is 1. The van der Waals surface area contributed by atoms with Crippen molar-refractivity contribution in [3.63, 3.8) is 0 Å². The van der Waals surface area contributed by atoms with Crippen molar-refractivity contribution in [1.82, 2.24) is 15.3 Å². The highest BCUT2D eigenvalue weighted by Gasteiger charge is 2.59. The summed E-state index contributed by atoms with van der Waals surface area (Å²) in [6, 6.07) is 3.69. The van der Waals surface area contributed by atoms with Crippen molar-refractivity contribution < 1.29 is 13.2 Å². The second kappa shape index (κ2) is 4.22. The quantitative estimate of drug-likeness (QED) is 0.844. The molecule has 1 atom stereocenters. The first-order chi connectivity index (χ1) is 9.33. The number of nitrogens with zero attached hydrogens (tertiary/aromatic N) is 1. The summed E-state index contributed by atoms with van der Waals surface area (Å²) < 4.78 is 40.5. The van der Waals surface area contributed by atoms with Gasteiger partial charge in [-0.05, 0) is 50.1 Å². The Morgan fingerprint density at radius 1 is 1.20 bits per heavy atom. The number of halogens is 3. The van der Waals surface area contributed by atoms with Crippen LogP contribution < -0.4 is 5.32 Å². The van der Waals surface area contributed by atoms with E-state index in [9.17, 15) is 13.2 Å². The van der Waals surface area contributed by atoms with E-state index in [2.05, 4.69) is 15.3 Å². The molecule has 3 rings (SSSR count). The van der Waals surface area contributed by atoms with E-state index >= 15 is 0 Å². The molecule has 1 aliphatic rings. The van der Waals surface area contributed by atoms with Crippen LogP contribution in [0.1, 0.15) is 23.4 Å². The van der Waals surface area contributed by atoms with Gasteiger partial charge in [-0.15, -0.1) is 0 Å². The minimum atomic E-state index is -4.31. The molecule has 0 bridgehead atoms. The SMILES string of the molecule is Cc1cc2nc(C3(C(F)(F)F)CCNC3)[nH]c2cc1C. The van der Waals surface area contributed by atoms with Crippen molar-refractivity contribution in [3.8, 4) is 0 Å². The van der Waals surface area contributed by atoms with Crippen LogP contribution in [-0.4, -0.2) is 29.2 Å². The average molecular weight is 283 g/mol. The molecule has 0 saturated carbocycles. The molecule has 1 fully saturated rings. The van der Waals surface area contributed by atoms with Crippen LogP contribution in [0.4, 0.5) is 13.2 Å². The molecule has 2 heterocycles. The summed E-state index contributed by atoms with van der Waals surface area (Å²) in [5, 5.41) is 2.81. The number of hydrogen-bond donors (Lipinski definition) is 2. The molecular weight excluding hydrogens is 267 g/mol. The van der Waals surface area contributed by atoms with Gasteiger partial charge in [-0.25, -0.2) is 4.98 Å².